The number of rotatable bonds is 6. The first kappa shape index (κ1) is 11.2. The van der Waals surface area contributed by atoms with Crippen molar-refractivity contribution in [2.45, 2.75) is 40.2 Å². The van der Waals surface area contributed by atoms with E-state index in [1.165, 1.54) is 12.8 Å². The van der Waals surface area contributed by atoms with Crippen LogP contribution in [0.4, 0.5) is 0 Å². The molecule has 1 N–H and O–H groups in total. The summed E-state index contributed by atoms with van der Waals surface area (Å²) in [5.74, 6) is 2.08. The number of aromatic nitrogens is 2. The zero-order valence-corrected chi connectivity index (χ0v) is 9.21. The van der Waals surface area contributed by atoms with Gasteiger partial charge >= 0.3 is 0 Å². The van der Waals surface area contributed by atoms with E-state index in [4.69, 9.17) is 4.42 Å². The molecule has 0 amide bonds. The van der Waals surface area contributed by atoms with Crippen LogP contribution in [0, 0.1) is 12.8 Å². The molecule has 0 atom stereocenters. The number of hydrogen-bond acceptors (Lipinski definition) is 4. The summed E-state index contributed by atoms with van der Waals surface area (Å²) < 4.78 is 5.23. The Morgan fingerprint density at radius 2 is 2.14 bits per heavy atom. The quantitative estimate of drug-likeness (QED) is 0.708. The van der Waals surface area contributed by atoms with Gasteiger partial charge in [-0.2, -0.15) is 0 Å². The maximum absolute atomic E-state index is 5.23. The lowest BCUT2D eigenvalue weighted by Gasteiger charge is -2.04. The molecule has 0 radical (unpaired) electrons. The van der Waals surface area contributed by atoms with Crippen molar-refractivity contribution < 1.29 is 4.42 Å². The highest BCUT2D eigenvalue weighted by atomic mass is 16.4. The molecule has 1 rings (SSSR count). The van der Waals surface area contributed by atoms with Crippen molar-refractivity contribution in [3.8, 4) is 0 Å². The summed E-state index contributed by atoms with van der Waals surface area (Å²) in [6.07, 6.45) is 2.46. The van der Waals surface area contributed by atoms with Crippen molar-refractivity contribution in [1.82, 2.24) is 15.5 Å². The van der Waals surface area contributed by atoms with Crippen molar-refractivity contribution >= 4 is 0 Å². The van der Waals surface area contributed by atoms with Gasteiger partial charge in [-0.3, -0.25) is 0 Å². The van der Waals surface area contributed by atoms with Crippen molar-refractivity contribution in [3.63, 3.8) is 0 Å². The Bertz CT molecular complexity index is 258. The third-order valence-corrected chi connectivity index (χ3v) is 1.98. The van der Waals surface area contributed by atoms with E-state index in [9.17, 15) is 0 Å². The van der Waals surface area contributed by atoms with Crippen LogP contribution in [0.2, 0.25) is 0 Å². The molecule has 0 aliphatic heterocycles. The Kier molecular flexibility index (Phi) is 4.59. The molecular weight excluding hydrogens is 178 g/mol. The topological polar surface area (TPSA) is 51.0 Å². The summed E-state index contributed by atoms with van der Waals surface area (Å²) in [4.78, 5) is 0. The van der Waals surface area contributed by atoms with Gasteiger partial charge in [-0.1, -0.05) is 13.8 Å². The molecule has 1 aromatic heterocycles. The van der Waals surface area contributed by atoms with Crippen LogP contribution in [0.3, 0.4) is 0 Å². The van der Waals surface area contributed by atoms with Crippen LogP contribution >= 0.6 is 0 Å². The van der Waals surface area contributed by atoms with Gasteiger partial charge in [-0.25, -0.2) is 0 Å². The van der Waals surface area contributed by atoms with Gasteiger partial charge < -0.3 is 9.73 Å². The minimum atomic E-state index is 0.629. The van der Waals surface area contributed by atoms with Crippen LogP contribution in [0.15, 0.2) is 4.42 Å². The van der Waals surface area contributed by atoms with Crippen molar-refractivity contribution in [1.29, 1.82) is 0 Å². The smallest absolute Gasteiger partial charge is 0.230 e. The Balaban J connectivity index is 2.04. The van der Waals surface area contributed by atoms with E-state index >= 15 is 0 Å². The first-order valence-electron chi connectivity index (χ1n) is 5.18. The Morgan fingerprint density at radius 1 is 1.36 bits per heavy atom. The third kappa shape index (κ3) is 4.37. The molecule has 0 unspecified atom stereocenters. The first-order valence-corrected chi connectivity index (χ1v) is 5.18. The van der Waals surface area contributed by atoms with E-state index < -0.39 is 0 Å². The molecule has 0 bridgehead atoms. The zero-order valence-electron chi connectivity index (χ0n) is 9.21. The number of nitrogens with zero attached hydrogens (tertiary/aromatic N) is 2. The lowest BCUT2D eigenvalue weighted by atomic mass is 10.1. The second-order valence-corrected chi connectivity index (χ2v) is 3.93. The molecule has 1 aromatic rings. The van der Waals surface area contributed by atoms with Gasteiger partial charge in [0.1, 0.15) is 0 Å². The van der Waals surface area contributed by atoms with Crippen molar-refractivity contribution in [2.24, 2.45) is 5.92 Å². The lowest BCUT2D eigenvalue weighted by molar-refractivity contribution is 0.440. The predicted molar refractivity (Wildman–Crippen MR) is 54.8 cm³/mol. The van der Waals surface area contributed by atoms with Gasteiger partial charge in [-0.05, 0) is 25.3 Å². The van der Waals surface area contributed by atoms with E-state index in [2.05, 4.69) is 29.4 Å². The molecule has 4 heteroatoms. The molecule has 0 spiro atoms. The van der Waals surface area contributed by atoms with E-state index in [1.54, 1.807) is 6.92 Å². The molecule has 0 aliphatic carbocycles. The van der Waals surface area contributed by atoms with Crippen LogP contribution in [0.25, 0.3) is 0 Å². The van der Waals surface area contributed by atoms with Crippen LogP contribution in [-0.4, -0.2) is 16.7 Å². The zero-order chi connectivity index (χ0) is 10.4. The van der Waals surface area contributed by atoms with Crippen molar-refractivity contribution in [3.05, 3.63) is 11.8 Å². The molecular formula is C10H19N3O. The average Bonchev–Trinajstić information content (AvgIpc) is 2.50. The fraction of sp³-hybridized carbons (Fsp3) is 0.800. The van der Waals surface area contributed by atoms with Gasteiger partial charge in [0, 0.05) is 6.92 Å². The maximum atomic E-state index is 5.23. The summed E-state index contributed by atoms with van der Waals surface area (Å²) in [5, 5.41) is 10.9. The van der Waals surface area contributed by atoms with Gasteiger partial charge in [-0.15, -0.1) is 10.2 Å². The molecule has 14 heavy (non-hydrogen) atoms. The minimum absolute atomic E-state index is 0.629. The largest absolute Gasteiger partial charge is 0.424 e. The molecule has 0 aromatic carbocycles. The second-order valence-electron chi connectivity index (χ2n) is 3.93. The van der Waals surface area contributed by atoms with Crippen LogP contribution < -0.4 is 5.32 Å². The predicted octanol–water partition coefficient (Wildman–Crippen LogP) is 1.90. The molecule has 0 fully saturated rings. The molecule has 80 valence electrons. The Hall–Kier alpha value is -0.900. The SMILES string of the molecule is Cc1nnc(CNCCCC(C)C)o1. The molecule has 0 saturated heterocycles. The second kappa shape index (κ2) is 5.75. The van der Waals surface area contributed by atoms with E-state index in [0.29, 0.717) is 18.3 Å². The van der Waals surface area contributed by atoms with Gasteiger partial charge in [0.15, 0.2) is 0 Å². The average molecular weight is 197 g/mol. The highest BCUT2D eigenvalue weighted by Crippen LogP contribution is 2.02. The number of nitrogens with one attached hydrogen (secondary N) is 1. The van der Waals surface area contributed by atoms with Gasteiger partial charge in [0.25, 0.3) is 0 Å². The summed E-state index contributed by atoms with van der Waals surface area (Å²) in [6.45, 7) is 7.97. The standard InChI is InChI=1S/C10H19N3O/c1-8(2)5-4-6-11-7-10-13-12-9(3)14-10/h8,11H,4-7H2,1-3H3. The lowest BCUT2D eigenvalue weighted by Crippen LogP contribution is -2.15. The fourth-order valence-corrected chi connectivity index (χ4v) is 1.24. The van der Waals surface area contributed by atoms with Crippen LogP contribution in [0.5, 0.6) is 0 Å². The highest BCUT2D eigenvalue weighted by Gasteiger charge is 2.00. The maximum Gasteiger partial charge on any atom is 0.230 e. The van der Waals surface area contributed by atoms with E-state index in [1.807, 2.05) is 0 Å². The molecule has 4 nitrogen and oxygen atoms in total. The Labute approximate surface area is 85.1 Å². The summed E-state index contributed by atoms with van der Waals surface area (Å²) >= 11 is 0. The summed E-state index contributed by atoms with van der Waals surface area (Å²) in [6, 6.07) is 0. The monoisotopic (exact) mass is 197 g/mol. The number of hydrogen-bond donors (Lipinski definition) is 1. The fourth-order valence-electron chi connectivity index (χ4n) is 1.24. The first-order chi connectivity index (χ1) is 6.68. The van der Waals surface area contributed by atoms with Crippen molar-refractivity contribution in [2.75, 3.05) is 6.54 Å². The van der Waals surface area contributed by atoms with Crippen LogP contribution in [-0.2, 0) is 6.54 Å². The molecule has 1 heterocycles. The molecule has 0 saturated carbocycles. The van der Waals surface area contributed by atoms with Gasteiger partial charge in [0.05, 0.1) is 6.54 Å². The van der Waals surface area contributed by atoms with E-state index in [0.717, 1.165) is 12.5 Å². The summed E-state index contributed by atoms with van der Waals surface area (Å²) in [7, 11) is 0. The Morgan fingerprint density at radius 3 is 2.71 bits per heavy atom. The van der Waals surface area contributed by atoms with Gasteiger partial charge in [0.2, 0.25) is 11.8 Å². The van der Waals surface area contributed by atoms with E-state index in [-0.39, 0.29) is 0 Å². The third-order valence-electron chi connectivity index (χ3n) is 1.98. The highest BCUT2D eigenvalue weighted by molar-refractivity contribution is 4.77. The normalized spacial score (nSPS) is 11.1. The van der Waals surface area contributed by atoms with Crippen LogP contribution in [0.1, 0.15) is 38.5 Å². The number of aryl methyl sites for hydroxylation is 1. The molecule has 0 aliphatic rings. The summed E-state index contributed by atoms with van der Waals surface area (Å²) in [5.41, 5.74) is 0. The minimum Gasteiger partial charge on any atom is -0.424 e.